The molecule has 2 saturated heterocycles. The zero-order chi connectivity index (χ0) is 19.9. The Hall–Kier alpha value is -2.18. The van der Waals surface area contributed by atoms with E-state index in [2.05, 4.69) is 44.5 Å². The van der Waals surface area contributed by atoms with Crippen LogP contribution in [0.2, 0.25) is 0 Å². The van der Waals surface area contributed by atoms with E-state index in [-0.39, 0.29) is 0 Å². The summed E-state index contributed by atoms with van der Waals surface area (Å²) < 4.78 is 11.9. The number of likely N-dealkylation sites (tertiary alicyclic amines) is 1. The molecular formula is C23H32N4O2. The van der Waals surface area contributed by atoms with Crippen molar-refractivity contribution in [3.05, 3.63) is 42.1 Å². The second-order valence-electron chi connectivity index (χ2n) is 7.90. The Morgan fingerprint density at radius 1 is 1.21 bits per heavy atom. The van der Waals surface area contributed by atoms with Gasteiger partial charge in [-0.2, -0.15) is 0 Å². The Balaban J connectivity index is 1.26. The number of piperidine rings is 1. The highest BCUT2D eigenvalue weighted by Gasteiger charge is 2.23. The van der Waals surface area contributed by atoms with E-state index in [0.29, 0.717) is 12.2 Å². The van der Waals surface area contributed by atoms with E-state index in [9.17, 15) is 0 Å². The van der Waals surface area contributed by atoms with Gasteiger partial charge in [0.1, 0.15) is 0 Å². The van der Waals surface area contributed by atoms with Crippen LogP contribution in [0.1, 0.15) is 37.7 Å². The molecule has 2 fully saturated rings. The number of nitrogens with zero attached hydrogens (tertiary/aromatic N) is 3. The van der Waals surface area contributed by atoms with Crippen molar-refractivity contribution in [1.29, 1.82) is 0 Å². The predicted octanol–water partition coefficient (Wildman–Crippen LogP) is 3.36. The van der Waals surface area contributed by atoms with Crippen LogP contribution >= 0.6 is 0 Å². The lowest BCUT2D eigenvalue weighted by Crippen LogP contribution is -2.47. The molecule has 1 unspecified atom stereocenters. The Labute approximate surface area is 173 Å². The minimum atomic E-state index is 0.297. The molecule has 2 aliphatic heterocycles. The van der Waals surface area contributed by atoms with Crippen LogP contribution in [0.3, 0.4) is 0 Å². The lowest BCUT2D eigenvalue weighted by Gasteiger charge is -2.35. The van der Waals surface area contributed by atoms with E-state index in [1.807, 2.05) is 19.3 Å². The first-order valence-electron chi connectivity index (χ1n) is 10.8. The number of rotatable bonds is 5. The molecule has 0 saturated carbocycles. The standard InChI is InChI=1S/C23H32N4O2/c1-24-23(26-16-19-7-4-6-18-8-5-12-25-22(18)19)27-13-10-20(11-14-27)29-17-21-9-2-3-15-28-21/h4-8,12,20-21H,2-3,9-11,13-17H2,1H3,(H,24,26). The van der Waals surface area contributed by atoms with Crippen LogP contribution in [0.15, 0.2) is 41.5 Å². The lowest BCUT2D eigenvalue weighted by molar-refractivity contribution is -0.0721. The van der Waals surface area contributed by atoms with Crippen molar-refractivity contribution in [2.45, 2.75) is 50.9 Å². The van der Waals surface area contributed by atoms with Gasteiger partial charge in [0.25, 0.3) is 0 Å². The number of hydrogen-bond acceptors (Lipinski definition) is 4. The third-order valence-corrected chi connectivity index (χ3v) is 5.90. The first-order chi connectivity index (χ1) is 14.3. The first-order valence-corrected chi connectivity index (χ1v) is 10.8. The van der Waals surface area contributed by atoms with E-state index in [1.165, 1.54) is 23.8 Å². The molecule has 0 aliphatic carbocycles. The zero-order valence-corrected chi connectivity index (χ0v) is 17.3. The van der Waals surface area contributed by atoms with Crippen LogP contribution < -0.4 is 5.32 Å². The summed E-state index contributed by atoms with van der Waals surface area (Å²) in [6, 6.07) is 10.4. The van der Waals surface area contributed by atoms with Gasteiger partial charge in [0.2, 0.25) is 0 Å². The molecule has 3 heterocycles. The molecule has 1 N–H and O–H groups in total. The highest BCUT2D eigenvalue weighted by atomic mass is 16.5. The number of pyridine rings is 1. The molecule has 29 heavy (non-hydrogen) atoms. The van der Waals surface area contributed by atoms with Crippen molar-refractivity contribution in [2.75, 3.05) is 33.4 Å². The molecule has 6 heteroatoms. The van der Waals surface area contributed by atoms with Gasteiger partial charge in [-0.1, -0.05) is 24.3 Å². The van der Waals surface area contributed by atoms with Gasteiger partial charge >= 0.3 is 0 Å². The summed E-state index contributed by atoms with van der Waals surface area (Å²) in [5.41, 5.74) is 2.24. The average molecular weight is 397 g/mol. The van der Waals surface area contributed by atoms with Gasteiger partial charge in [-0.05, 0) is 43.7 Å². The van der Waals surface area contributed by atoms with Crippen molar-refractivity contribution in [3.63, 3.8) is 0 Å². The van der Waals surface area contributed by atoms with Crippen LogP contribution in [-0.2, 0) is 16.0 Å². The molecule has 0 radical (unpaired) electrons. The topological polar surface area (TPSA) is 59.0 Å². The second-order valence-corrected chi connectivity index (χ2v) is 7.90. The average Bonchev–Trinajstić information content (AvgIpc) is 2.79. The van der Waals surface area contributed by atoms with Gasteiger partial charge in [-0.15, -0.1) is 0 Å². The van der Waals surface area contributed by atoms with E-state index in [0.717, 1.165) is 63.6 Å². The summed E-state index contributed by atoms with van der Waals surface area (Å²) in [7, 11) is 1.85. The normalized spacial score (nSPS) is 21.5. The van der Waals surface area contributed by atoms with Crippen molar-refractivity contribution < 1.29 is 9.47 Å². The summed E-state index contributed by atoms with van der Waals surface area (Å²) >= 11 is 0. The fourth-order valence-electron chi connectivity index (χ4n) is 4.23. The molecule has 1 aromatic heterocycles. The summed E-state index contributed by atoms with van der Waals surface area (Å²) in [5, 5.41) is 4.69. The van der Waals surface area contributed by atoms with Gasteiger partial charge in [-0.3, -0.25) is 9.98 Å². The van der Waals surface area contributed by atoms with Crippen LogP contribution in [0.4, 0.5) is 0 Å². The summed E-state index contributed by atoms with van der Waals surface area (Å²) in [6.45, 7) is 4.27. The maximum atomic E-state index is 6.14. The number of benzene rings is 1. The number of nitrogens with one attached hydrogen (secondary N) is 1. The van der Waals surface area contributed by atoms with Gasteiger partial charge < -0.3 is 19.7 Å². The fourth-order valence-corrected chi connectivity index (χ4v) is 4.23. The Morgan fingerprint density at radius 3 is 2.86 bits per heavy atom. The third kappa shape index (κ3) is 5.25. The van der Waals surface area contributed by atoms with Crippen molar-refractivity contribution in [1.82, 2.24) is 15.2 Å². The number of fused-ring (bicyclic) bond motifs is 1. The third-order valence-electron chi connectivity index (χ3n) is 5.90. The quantitative estimate of drug-likeness (QED) is 0.620. The number of guanidine groups is 1. The molecule has 2 aromatic rings. The molecule has 0 bridgehead atoms. The number of aliphatic imine (C=N–C) groups is 1. The molecule has 156 valence electrons. The van der Waals surface area contributed by atoms with Gasteiger partial charge in [0.15, 0.2) is 5.96 Å². The van der Waals surface area contributed by atoms with Crippen LogP contribution in [0.5, 0.6) is 0 Å². The van der Waals surface area contributed by atoms with Gasteiger partial charge in [0.05, 0.1) is 24.3 Å². The maximum Gasteiger partial charge on any atom is 0.193 e. The maximum absolute atomic E-state index is 6.14. The minimum Gasteiger partial charge on any atom is -0.376 e. The zero-order valence-electron chi connectivity index (χ0n) is 17.3. The fraction of sp³-hybridized carbons (Fsp3) is 0.565. The SMILES string of the molecule is CN=C(NCc1cccc2cccnc12)N1CCC(OCC2CCCCO2)CC1. The van der Waals surface area contributed by atoms with Gasteiger partial charge in [-0.25, -0.2) is 0 Å². The largest absolute Gasteiger partial charge is 0.376 e. The monoisotopic (exact) mass is 396 g/mol. The smallest absolute Gasteiger partial charge is 0.193 e. The lowest BCUT2D eigenvalue weighted by atomic mass is 10.1. The van der Waals surface area contributed by atoms with E-state index < -0.39 is 0 Å². The van der Waals surface area contributed by atoms with Gasteiger partial charge in [0, 0.05) is 44.9 Å². The minimum absolute atomic E-state index is 0.297. The molecule has 6 nitrogen and oxygen atoms in total. The molecule has 0 amide bonds. The molecular weight excluding hydrogens is 364 g/mol. The number of ether oxygens (including phenoxy) is 2. The van der Waals surface area contributed by atoms with Crippen molar-refractivity contribution in [2.24, 2.45) is 4.99 Å². The summed E-state index contributed by atoms with van der Waals surface area (Å²) in [6.07, 6.45) is 8.13. The van der Waals surface area contributed by atoms with E-state index in [4.69, 9.17) is 9.47 Å². The molecule has 0 spiro atoms. The summed E-state index contributed by atoms with van der Waals surface area (Å²) in [5.74, 6) is 0.951. The van der Waals surface area contributed by atoms with E-state index >= 15 is 0 Å². The summed E-state index contributed by atoms with van der Waals surface area (Å²) in [4.78, 5) is 11.4. The van der Waals surface area contributed by atoms with E-state index in [1.54, 1.807) is 0 Å². The Kier molecular flexibility index (Phi) is 6.96. The molecule has 2 aliphatic rings. The molecule has 1 aromatic carbocycles. The van der Waals surface area contributed by atoms with Crippen LogP contribution in [0.25, 0.3) is 10.9 Å². The molecule has 1 atom stereocenters. The number of hydrogen-bond donors (Lipinski definition) is 1. The molecule has 4 rings (SSSR count). The first kappa shape index (κ1) is 20.1. The predicted molar refractivity (Wildman–Crippen MR) is 116 cm³/mol. The van der Waals surface area contributed by atoms with Crippen LogP contribution in [-0.4, -0.2) is 61.4 Å². The Morgan fingerprint density at radius 2 is 2.07 bits per heavy atom. The van der Waals surface area contributed by atoms with Crippen molar-refractivity contribution >= 4 is 16.9 Å². The highest BCUT2D eigenvalue weighted by molar-refractivity contribution is 5.83. The highest BCUT2D eigenvalue weighted by Crippen LogP contribution is 2.19. The Bertz CT molecular complexity index is 806. The number of para-hydroxylation sites is 1. The van der Waals surface area contributed by atoms with Crippen LogP contribution in [0, 0.1) is 0 Å². The van der Waals surface area contributed by atoms with Crippen molar-refractivity contribution in [3.8, 4) is 0 Å². The second kappa shape index (κ2) is 10.0. The number of aromatic nitrogens is 1.